The molecular weight excluding hydrogens is 96.1 g/mol. The summed E-state index contributed by atoms with van der Waals surface area (Å²) in [6.07, 6.45) is 17.0. The van der Waals surface area contributed by atoms with Gasteiger partial charge < -0.3 is 18.2 Å². The largest absolute Gasteiger partial charge is 0.359 e. The highest BCUT2D eigenvalue weighted by Gasteiger charge is 1.47. The van der Waals surface area contributed by atoms with Crippen LogP contribution in [0.2, 0.25) is 0 Å². The lowest BCUT2D eigenvalue weighted by atomic mass is 10.3. The number of hydrogen-bond donors (Lipinski definition) is 0. The Balaban J connectivity index is 2.67. The van der Waals surface area contributed by atoms with Crippen LogP contribution in [-0.4, -0.2) is 0 Å². The van der Waals surface area contributed by atoms with Crippen molar-refractivity contribution < 1.29 is 0 Å². The third-order valence-electron chi connectivity index (χ3n) is 0.774. The van der Waals surface area contributed by atoms with Crippen molar-refractivity contribution in [3.05, 3.63) is 48.6 Å². The average molecular weight is 102 g/mol. The average Bonchev–Trinajstić information content (AvgIpc) is 1.62. The molecule has 0 N–H and O–H groups in total. The fourth-order valence-corrected chi connectivity index (χ4v) is 0.431. The number of allylic oxidation sites excluding steroid dienone is 8. The molecule has 0 fully saturated rings. The van der Waals surface area contributed by atoms with Gasteiger partial charge in [-0.2, -0.15) is 12.2 Å². The molecule has 0 saturated carbocycles. The molecule has 40 valence electrons. The van der Waals surface area contributed by atoms with E-state index in [1.165, 1.54) is 0 Å². The van der Waals surface area contributed by atoms with Crippen molar-refractivity contribution in [1.82, 2.24) is 0 Å². The molecule has 0 aromatic rings. The Morgan fingerprint density at radius 2 is 1.88 bits per heavy atom. The second-order valence-corrected chi connectivity index (χ2v) is 1.39. The second kappa shape index (κ2) is 3.03. The topological polar surface area (TPSA) is 0 Å². The van der Waals surface area contributed by atoms with Crippen LogP contribution in [0.3, 0.4) is 0 Å². The molecule has 0 saturated heterocycles. The molecule has 8 heavy (non-hydrogen) atoms. The van der Waals surface area contributed by atoms with Crippen molar-refractivity contribution in [2.24, 2.45) is 0 Å². The molecule has 1 aliphatic rings. The lowest BCUT2D eigenvalue weighted by molar-refractivity contribution is 1.73. The standard InChI is InChI=1S/C8H6/c1-2-4-6-8-7-5-3-1/h1-5,8H/q-2/b2-1-,3-1?,4-2?,5-3-. The number of rotatable bonds is 0. The Labute approximate surface area is 49.5 Å². The second-order valence-electron chi connectivity index (χ2n) is 1.39. The minimum atomic E-state index is 1.75. The van der Waals surface area contributed by atoms with E-state index in [0.29, 0.717) is 0 Å². The maximum absolute atomic E-state index is 2.89. The van der Waals surface area contributed by atoms with E-state index in [0.717, 1.165) is 0 Å². The van der Waals surface area contributed by atoms with Gasteiger partial charge in [-0.15, -0.1) is 6.08 Å². The maximum Gasteiger partial charge on any atom is -0.110 e. The van der Waals surface area contributed by atoms with Gasteiger partial charge in [0.25, 0.3) is 0 Å². The summed E-state index contributed by atoms with van der Waals surface area (Å²) in [6, 6.07) is 0. The van der Waals surface area contributed by atoms with Gasteiger partial charge in [0.15, 0.2) is 0 Å². The molecule has 1 rings (SSSR count). The van der Waals surface area contributed by atoms with Crippen LogP contribution >= 0.6 is 0 Å². The molecule has 0 heteroatoms. The van der Waals surface area contributed by atoms with E-state index in [-0.39, 0.29) is 0 Å². The summed E-state index contributed by atoms with van der Waals surface area (Å²) in [5.41, 5.74) is 0. The molecule has 0 heterocycles. The predicted octanol–water partition coefficient (Wildman–Crippen LogP) is 1.83. The highest BCUT2D eigenvalue weighted by Crippen LogP contribution is 1.85. The molecule has 0 aromatic carbocycles. The van der Waals surface area contributed by atoms with Crippen LogP contribution < -0.4 is 0 Å². The summed E-state index contributed by atoms with van der Waals surface area (Å²) in [4.78, 5) is 0. The van der Waals surface area contributed by atoms with Crippen LogP contribution in [0, 0.1) is 12.2 Å². The van der Waals surface area contributed by atoms with E-state index >= 15 is 0 Å². The zero-order valence-electron chi connectivity index (χ0n) is 4.46. The van der Waals surface area contributed by atoms with Gasteiger partial charge in [-0.25, -0.2) is 0 Å². The summed E-state index contributed by atoms with van der Waals surface area (Å²) in [5.74, 6) is 0. The molecule has 0 nitrogen and oxygen atoms in total. The van der Waals surface area contributed by atoms with Gasteiger partial charge >= 0.3 is 0 Å². The molecule has 1 aliphatic carbocycles. The molecule has 0 atom stereocenters. The van der Waals surface area contributed by atoms with Gasteiger partial charge in [-0.1, -0.05) is 0 Å². The molecule has 0 aromatic heterocycles. The quantitative estimate of drug-likeness (QED) is 0.409. The Morgan fingerprint density at radius 3 is 2.88 bits per heavy atom. The van der Waals surface area contributed by atoms with Crippen molar-refractivity contribution >= 4 is 0 Å². The van der Waals surface area contributed by atoms with Crippen molar-refractivity contribution in [1.29, 1.82) is 0 Å². The molecule has 0 unspecified atom stereocenters. The van der Waals surface area contributed by atoms with E-state index in [4.69, 9.17) is 0 Å². The highest BCUT2D eigenvalue weighted by atomic mass is 13.7. The van der Waals surface area contributed by atoms with E-state index in [1.54, 1.807) is 6.08 Å². The molecule has 0 amide bonds. The minimum Gasteiger partial charge on any atom is -0.359 e. The van der Waals surface area contributed by atoms with E-state index in [2.05, 4.69) is 12.2 Å². The van der Waals surface area contributed by atoms with E-state index < -0.39 is 0 Å². The van der Waals surface area contributed by atoms with Crippen molar-refractivity contribution in [3.8, 4) is 0 Å². The highest BCUT2D eigenvalue weighted by molar-refractivity contribution is 5.17. The first-order valence-electron chi connectivity index (χ1n) is 2.49. The monoisotopic (exact) mass is 102 g/mol. The van der Waals surface area contributed by atoms with Crippen molar-refractivity contribution in [2.45, 2.75) is 0 Å². The van der Waals surface area contributed by atoms with Gasteiger partial charge in [-0.3, -0.25) is 12.2 Å². The fraction of sp³-hybridized carbons (Fsp3) is 0. The third kappa shape index (κ3) is 1.61. The predicted molar refractivity (Wildman–Crippen MR) is 33.9 cm³/mol. The normalized spacial score (nSPS) is 24.0. The van der Waals surface area contributed by atoms with Gasteiger partial charge in [0.05, 0.1) is 0 Å². The Morgan fingerprint density at radius 1 is 0.875 bits per heavy atom. The third-order valence-corrected chi connectivity index (χ3v) is 0.774. The Kier molecular flexibility index (Phi) is 1.93. The first-order valence-corrected chi connectivity index (χ1v) is 2.49. The van der Waals surface area contributed by atoms with Crippen LogP contribution in [0.25, 0.3) is 0 Å². The lowest BCUT2D eigenvalue weighted by Gasteiger charge is -1.97. The van der Waals surface area contributed by atoms with Gasteiger partial charge in [0, 0.05) is 0 Å². The Bertz CT molecular complexity index is 101. The number of hydrogen-bond acceptors (Lipinski definition) is 0. The van der Waals surface area contributed by atoms with Gasteiger partial charge in [-0.05, 0) is 0 Å². The van der Waals surface area contributed by atoms with Crippen LogP contribution in [0.4, 0.5) is 0 Å². The molecule has 0 bridgehead atoms. The molecule has 0 spiro atoms. The first kappa shape index (κ1) is 5.10. The van der Waals surface area contributed by atoms with Crippen LogP contribution in [0.1, 0.15) is 0 Å². The summed E-state index contributed by atoms with van der Waals surface area (Å²) in [6.45, 7) is 0. The van der Waals surface area contributed by atoms with Crippen LogP contribution in [0.15, 0.2) is 36.5 Å². The van der Waals surface area contributed by atoms with Crippen LogP contribution in [-0.2, 0) is 0 Å². The van der Waals surface area contributed by atoms with E-state index in [9.17, 15) is 0 Å². The summed E-state index contributed by atoms with van der Waals surface area (Å²) in [5, 5.41) is 0. The van der Waals surface area contributed by atoms with Gasteiger partial charge in [0.1, 0.15) is 0 Å². The molecule has 0 radical (unpaired) electrons. The summed E-state index contributed by atoms with van der Waals surface area (Å²) >= 11 is 0. The zero-order chi connectivity index (χ0) is 5.66. The Hall–Kier alpha value is -1.04. The SMILES string of the molecule is [C-]1=C[C-]=C/C=C\C=C/1. The van der Waals surface area contributed by atoms with E-state index in [1.807, 2.05) is 30.4 Å². The fourth-order valence-electron chi connectivity index (χ4n) is 0.431. The van der Waals surface area contributed by atoms with Gasteiger partial charge in [0.2, 0.25) is 0 Å². The van der Waals surface area contributed by atoms with Crippen molar-refractivity contribution in [2.75, 3.05) is 0 Å². The summed E-state index contributed by atoms with van der Waals surface area (Å²) in [7, 11) is 0. The lowest BCUT2D eigenvalue weighted by Crippen LogP contribution is -1.57. The minimum absolute atomic E-state index is 1.75. The van der Waals surface area contributed by atoms with Crippen molar-refractivity contribution in [3.63, 3.8) is 0 Å². The van der Waals surface area contributed by atoms with Crippen LogP contribution in [0.5, 0.6) is 0 Å². The molecule has 0 aliphatic heterocycles. The summed E-state index contributed by atoms with van der Waals surface area (Å²) < 4.78 is 0. The molecular formula is C8H6-2. The maximum atomic E-state index is 2.89. The first-order chi connectivity index (χ1) is 4.00. The smallest absolute Gasteiger partial charge is 0.110 e. The zero-order valence-corrected chi connectivity index (χ0v) is 4.46.